The predicted molar refractivity (Wildman–Crippen MR) is 79.6 cm³/mol. The van der Waals surface area contributed by atoms with Crippen molar-refractivity contribution in [1.82, 2.24) is 15.3 Å². The van der Waals surface area contributed by atoms with Crippen molar-refractivity contribution in [1.29, 1.82) is 0 Å². The number of nitrogens with one attached hydrogen (secondary N) is 1. The molecule has 0 unspecified atom stereocenters. The Morgan fingerprint density at radius 1 is 1.42 bits per heavy atom. The monoisotopic (exact) mass is 293 g/mol. The molecule has 0 saturated heterocycles. The number of aryl methyl sites for hydroxylation is 1. The van der Waals surface area contributed by atoms with Gasteiger partial charge in [0.25, 0.3) is 5.91 Å². The summed E-state index contributed by atoms with van der Waals surface area (Å²) in [5, 5.41) is 7.06. The molecule has 0 radical (unpaired) electrons. The Kier molecular flexibility index (Phi) is 5.35. The summed E-state index contributed by atoms with van der Waals surface area (Å²) in [4.78, 5) is 19.8. The van der Waals surface area contributed by atoms with E-state index in [-0.39, 0.29) is 5.91 Å². The van der Waals surface area contributed by atoms with E-state index in [1.54, 1.807) is 29.3 Å². The van der Waals surface area contributed by atoms with Gasteiger partial charge in [0.2, 0.25) is 0 Å². The minimum Gasteiger partial charge on any atom is -0.350 e. The van der Waals surface area contributed by atoms with Gasteiger partial charge in [-0.15, -0.1) is 0 Å². The Morgan fingerprint density at radius 2 is 2.32 bits per heavy atom. The van der Waals surface area contributed by atoms with Crippen molar-refractivity contribution in [2.75, 3.05) is 12.3 Å². The lowest BCUT2D eigenvalue weighted by atomic mass is 10.4. The summed E-state index contributed by atoms with van der Waals surface area (Å²) in [6.45, 7) is 2.49. The number of carbonyl (C=O) groups is 1. The smallest absolute Gasteiger partial charge is 0.271 e. The van der Waals surface area contributed by atoms with Crippen molar-refractivity contribution in [2.24, 2.45) is 0 Å². The van der Waals surface area contributed by atoms with Gasteiger partial charge >= 0.3 is 0 Å². The van der Waals surface area contributed by atoms with Gasteiger partial charge in [-0.05, 0) is 29.3 Å². The summed E-state index contributed by atoms with van der Waals surface area (Å²) in [5.74, 6) is 1.72. The third-order valence-corrected chi connectivity index (χ3v) is 4.16. The minimum absolute atomic E-state index is 0.163. The lowest BCUT2D eigenvalue weighted by Gasteiger charge is -2.04. The third-order valence-electron chi connectivity index (χ3n) is 2.39. The highest BCUT2D eigenvalue weighted by molar-refractivity contribution is 7.98. The summed E-state index contributed by atoms with van der Waals surface area (Å²) < 4.78 is 0. The van der Waals surface area contributed by atoms with Crippen LogP contribution in [0.4, 0.5) is 0 Å². The highest BCUT2D eigenvalue weighted by Gasteiger charge is 2.06. The molecule has 0 spiro atoms. The molecule has 2 aromatic rings. The molecule has 2 rings (SSSR count). The molecular formula is C13H15N3OS2. The van der Waals surface area contributed by atoms with Crippen LogP contribution in [-0.4, -0.2) is 28.2 Å². The van der Waals surface area contributed by atoms with E-state index in [9.17, 15) is 4.79 Å². The summed E-state index contributed by atoms with van der Waals surface area (Å²) in [5.41, 5.74) is 2.52. The SMILES string of the molecule is Cc1cnc(C(=O)NCCSCc2ccsc2)cn1. The summed E-state index contributed by atoms with van der Waals surface area (Å²) >= 11 is 3.51. The Balaban J connectivity index is 1.65. The third kappa shape index (κ3) is 4.65. The quantitative estimate of drug-likeness (QED) is 0.832. The molecule has 2 heterocycles. The van der Waals surface area contributed by atoms with E-state index in [0.717, 1.165) is 17.2 Å². The second kappa shape index (κ2) is 7.25. The van der Waals surface area contributed by atoms with E-state index in [0.29, 0.717) is 12.2 Å². The second-order valence-corrected chi connectivity index (χ2v) is 5.87. The predicted octanol–water partition coefficient (Wildman–Crippen LogP) is 2.51. The molecule has 4 nitrogen and oxygen atoms in total. The highest BCUT2D eigenvalue weighted by atomic mass is 32.2. The standard InChI is InChI=1S/C13H15N3OS2/c1-10-6-16-12(7-15-10)13(17)14-3-5-19-9-11-2-4-18-8-11/h2,4,6-8H,3,5,9H2,1H3,(H,14,17). The lowest BCUT2D eigenvalue weighted by molar-refractivity contribution is 0.0951. The molecule has 0 saturated carbocycles. The van der Waals surface area contributed by atoms with Crippen molar-refractivity contribution in [2.45, 2.75) is 12.7 Å². The Hall–Kier alpha value is -1.40. The Bertz CT molecular complexity index is 511. The fraction of sp³-hybridized carbons (Fsp3) is 0.308. The van der Waals surface area contributed by atoms with Gasteiger partial charge in [-0.2, -0.15) is 23.1 Å². The molecule has 0 aliphatic carbocycles. The van der Waals surface area contributed by atoms with Gasteiger partial charge in [-0.25, -0.2) is 4.98 Å². The molecule has 1 N–H and O–H groups in total. The van der Waals surface area contributed by atoms with Crippen LogP contribution in [0, 0.1) is 6.92 Å². The highest BCUT2D eigenvalue weighted by Crippen LogP contribution is 2.14. The molecular weight excluding hydrogens is 278 g/mol. The number of carbonyl (C=O) groups excluding carboxylic acids is 1. The molecule has 0 fully saturated rings. The first-order chi connectivity index (χ1) is 9.25. The van der Waals surface area contributed by atoms with Crippen LogP contribution in [0.1, 0.15) is 21.7 Å². The number of thiophene rings is 1. The van der Waals surface area contributed by atoms with Gasteiger partial charge in [0.15, 0.2) is 0 Å². The molecule has 0 bridgehead atoms. The largest absolute Gasteiger partial charge is 0.350 e. The second-order valence-electron chi connectivity index (χ2n) is 3.98. The number of thioether (sulfide) groups is 1. The number of amides is 1. The van der Waals surface area contributed by atoms with E-state index in [1.807, 2.05) is 6.92 Å². The van der Waals surface area contributed by atoms with Crippen LogP contribution in [0.15, 0.2) is 29.2 Å². The zero-order valence-electron chi connectivity index (χ0n) is 10.6. The van der Waals surface area contributed by atoms with Crippen LogP contribution in [-0.2, 0) is 5.75 Å². The van der Waals surface area contributed by atoms with E-state index < -0.39 is 0 Å². The van der Waals surface area contributed by atoms with E-state index in [2.05, 4.69) is 32.1 Å². The maximum Gasteiger partial charge on any atom is 0.271 e. The maximum atomic E-state index is 11.7. The number of nitrogens with zero attached hydrogens (tertiary/aromatic N) is 2. The van der Waals surface area contributed by atoms with Crippen molar-refractivity contribution in [3.05, 3.63) is 46.2 Å². The fourth-order valence-corrected chi connectivity index (χ4v) is 2.98. The normalized spacial score (nSPS) is 10.4. The van der Waals surface area contributed by atoms with Crippen molar-refractivity contribution in [3.63, 3.8) is 0 Å². The van der Waals surface area contributed by atoms with Crippen LogP contribution in [0.25, 0.3) is 0 Å². The van der Waals surface area contributed by atoms with Crippen molar-refractivity contribution < 1.29 is 4.79 Å². The summed E-state index contributed by atoms with van der Waals surface area (Å²) in [7, 11) is 0. The lowest BCUT2D eigenvalue weighted by Crippen LogP contribution is -2.26. The molecule has 0 aliphatic rings. The van der Waals surface area contributed by atoms with E-state index >= 15 is 0 Å². The maximum absolute atomic E-state index is 11.7. The average molecular weight is 293 g/mol. The molecule has 0 atom stereocenters. The first kappa shape index (κ1) is 14.0. The van der Waals surface area contributed by atoms with Gasteiger partial charge in [0.1, 0.15) is 5.69 Å². The Labute approximate surface area is 120 Å². The fourth-order valence-electron chi connectivity index (χ4n) is 1.40. The first-order valence-corrected chi connectivity index (χ1v) is 8.01. The first-order valence-electron chi connectivity index (χ1n) is 5.91. The van der Waals surface area contributed by atoms with Gasteiger partial charge < -0.3 is 5.32 Å². The molecule has 100 valence electrons. The molecule has 0 aromatic carbocycles. The van der Waals surface area contributed by atoms with Crippen LogP contribution < -0.4 is 5.32 Å². The molecule has 6 heteroatoms. The molecule has 1 amide bonds. The van der Waals surface area contributed by atoms with Crippen LogP contribution >= 0.6 is 23.1 Å². The number of rotatable bonds is 6. The van der Waals surface area contributed by atoms with E-state index in [4.69, 9.17) is 0 Å². The topological polar surface area (TPSA) is 54.9 Å². The van der Waals surface area contributed by atoms with Crippen LogP contribution in [0.5, 0.6) is 0 Å². The number of aromatic nitrogens is 2. The van der Waals surface area contributed by atoms with Gasteiger partial charge in [0, 0.05) is 24.2 Å². The van der Waals surface area contributed by atoms with Gasteiger partial charge in [-0.3, -0.25) is 9.78 Å². The summed E-state index contributed by atoms with van der Waals surface area (Å²) in [6, 6.07) is 2.12. The molecule has 2 aromatic heterocycles. The van der Waals surface area contributed by atoms with Crippen molar-refractivity contribution in [3.8, 4) is 0 Å². The number of hydrogen-bond donors (Lipinski definition) is 1. The summed E-state index contributed by atoms with van der Waals surface area (Å²) in [6.07, 6.45) is 3.10. The van der Waals surface area contributed by atoms with E-state index in [1.165, 1.54) is 11.8 Å². The van der Waals surface area contributed by atoms with Crippen LogP contribution in [0.3, 0.4) is 0 Å². The zero-order valence-corrected chi connectivity index (χ0v) is 12.3. The number of hydrogen-bond acceptors (Lipinski definition) is 5. The molecule has 19 heavy (non-hydrogen) atoms. The average Bonchev–Trinajstić information content (AvgIpc) is 2.92. The van der Waals surface area contributed by atoms with Gasteiger partial charge in [-0.1, -0.05) is 0 Å². The minimum atomic E-state index is -0.163. The molecule has 0 aliphatic heterocycles. The van der Waals surface area contributed by atoms with Crippen molar-refractivity contribution >= 4 is 29.0 Å². The van der Waals surface area contributed by atoms with Crippen LogP contribution in [0.2, 0.25) is 0 Å². The van der Waals surface area contributed by atoms with Gasteiger partial charge in [0.05, 0.1) is 11.9 Å². The Morgan fingerprint density at radius 3 is 3.00 bits per heavy atom. The zero-order chi connectivity index (χ0) is 13.5.